The first-order valence-corrected chi connectivity index (χ1v) is 7.17. The molecule has 1 aromatic rings. The van der Waals surface area contributed by atoms with Crippen LogP contribution >= 0.6 is 23.4 Å². The van der Waals surface area contributed by atoms with Gasteiger partial charge in [-0.2, -0.15) is 11.8 Å². The average molecular weight is 288 g/mol. The van der Waals surface area contributed by atoms with Crippen LogP contribution in [-0.2, 0) is 9.53 Å². The fraction of sp³-hybridized carbons (Fsp3) is 0.462. The number of esters is 1. The first-order valence-electron chi connectivity index (χ1n) is 5.74. The number of carbonyl (C=O) groups is 1. The number of hydrogen-bond acceptors (Lipinski definition) is 4. The maximum absolute atomic E-state index is 11.1. The third-order valence-corrected chi connectivity index (χ3v) is 4.35. The smallest absolute Gasteiger partial charge is 0.306 e. The summed E-state index contributed by atoms with van der Waals surface area (Å²) >= 11 is 7.80. The SMILES string of the molecule is COC(=O)CCSC(c1ccccc1Cl)C(C)N. The van der Waals surface area contributed by atoms with Gasteiger partial charge in [0.05, 0.1) is 13.5 Å². The third-order valence-electron chi connectivity index (χ3n) is 2.52. The van der Waals surface area contributed by atoms with Gasteiger partial charge in [-0.3, -0.25) is 4.79 Å². The zero-order valence-corrected chi connectivity index (χ0v) is 12.1. The second-order valence-electron chi connectivity index (χ2n) is 4.00. The monoisotopic (exact) mass is 287 g/mol. The predicted octanol–water partition coefficient (Wildman–Crippen LogP) is 3.02. The molecule has 2 unspecified atom stereocenters. The average Bonchev–Trinajstić information content (AvgIpc) is 2.35. The van der Waals surface area contributed by atoms with Crippen molar-refractivity contribution in [2.45, 2.75) is 24.6 Å². The Hall–Kier alpha value is -0.710. The van der Waals surface area contributed by atoms with Crippen LogP contribution in [-0.4, -0.2) is 24.9 Å². The number of nitrogens with two attached hydrogens (primary N) is 1. The van der Waals surface area contributed by atoms with E-state index < -0.39 is 0 Å². The minimum atomic E-state index is -0.204. The summed E-state index contributed by atoms with van der Waals surface area (Å²) in [5.74, 6) is 0.467. The van der Waals surface area contributed by atoms with Crippen molar-refractivity contribution in [3.05, 3.63) is 34.9 Å². The van der Waals surface area contributed by atoms with E-state index in [2.05, 4.69) is 4.74 Å². The summed E-state index contributed by atoms with van der Waals surface area (Å²) in [5.41, 5.74) is 7.01. The molecular formula is C13H18ClNO2S. The largest absolute Gasteiger partial charge is 0.469 e. The highest BCUT2D eigenvalue weighted by Gasteiger charge is 2.19. The lowest BCUT2D eigenvalue weighted by Crippen LogP contribution is -2.23. The lowest BCUT2D eigenvalue weighted by atomic mass is 10.1. The highest BCUT2D eigenvalue weighted by molar-refractivity contribution is 7.99. The molecule has 1 rings (SSSR count). The van der Waals surface area contributed by atoms with E-state index >= 15 is 0 Å². The van der Waals surface area contributed by atoms with Crippen LogP contribution in [0.1, 0.15) is 24.2 Å². The van der Waals surface area contributed by atoms with Crippen molar-refractivity contribution < 1.29 is 9.53 Å². The van der Waals surface area contributed by atoms with Gasteiger partial charge in [-0.1, -0.05) is 29.8 Å². The Balaban J connectivity index is 2.67. The summed E-state index contributed by atoms with van der Waals surface area (Å²) in [5, 5.41) is 0.800. The molecule has 0 radical (unpaired) electrons. The van der Waals surface area contributed by atoms with Gasteiger partial charge in [-0.05, 0) is 18.6 Å². The number of rotatable bonds is 6. The number of hydrogen-bond donors (Lipinski definition) is 1. The maximum Gasteiger partial charge on any atom is 0.306 e. The van der Waals surface area contributed by atoms with Crippen LogP contribution in [0.15, 0.2) is 24.3 Å². The van der Waals surface area contributed by atoms with Gasteiger partial charge in [0.2, 0.25) is 0 Å². The van der Waals surface area contributed by atoms with E-state index in [1.807, 2.05) is 31.2 Å². The van der Waals surface area contributed by atoms with Gasteiger partial charge in [0.1, 0.15) is 0 Å². The fourth-order valence-corrected chi connectivity index (χ4v) is 3.15. The molecule has 0 aliphatic heterocycles. The number of ether oxygens (including phenoxy) is 1. The maximum atomic E-state index is 11.1. The Morgan fingerprint density at radius 1 is 1.50 bits per heavy atom. The van der Waals surface area contributed by atoms with Crippen molar-refractivity contribution in [3.63, 3.8) is 0 Å². The molecule has 18 heavy (non-hydrogen) atoms. The highest BCUT2D eigenvalue weighted by Crippen LogP contribution is 2.35. The molecule has 0 saturated heterocycles. The van der Waals surface area contributed by atoms with Crippen molar-refractivity contribution in [2.24, 2.45) is 5.73 Å². The number of halogens is 1. The number of benzene rings is 1. The zero-order chi connectivity index (χ0) is 13.5. The second kappa shape index (κ2) is 7.67. The molecule has 0 heterocycles. The van der Waals surface area contributed by atoms with Crippen molar-refractivity contribution in [1.82, 2.24) is 0 Å². The summed E-state index contributed by atoms with van der Waals surface area (Å²) in [7, 11) is 1.39. The van der Waals surface area contributed by atoms with Gasteiger partial charge in [0.25, 0.3) is 0 Å². The molecule has 5 heteroatoms. The van der Waals surface area contributed by atoms with E-state index in [1.165, 1.54) is 7.11 Å². The zero-order valence-electron chi connectivity index (χ0n) is 10.6. The van der Waals surface area contributed by atoms with Gasteiger partial charge in [0, 0.05) is 22.1 Å². The molecule has 0 aromatic heterocycles. The summed E-state index contributed by atoms with van der Waals surface area (Å²) in [6.45, 7) is 1.94. The standard InChI is InChI=1S/C13H18ClNO2S/c1-9(15)13(18-8-7-12(16)17-2)10-5-3-4-6-11(10)14/h3-6,9,13H,7-8,15H2,1-2H3. The van der Waals surface area contributed by atoms with Crippen LogP contribution in [0.25, 0.3) is 0 Å². The van der Waals surface area contributed by atoms with Crippen molar-refractivity contribution in [1.29, 1.82) is 0 Å². The summed E-state index contributed by atoms with van der Waals surface area (Å²) in [6.07, 6.45) is 0.384. The number of thioether (sulfide) groups is 1. The first-order chi connectivity index (χ1) is 8.56. The first kappa shape index (κ1) is 15.3. The molecule has 100 valence electrons. The van der Waals surface area contributed by atoms with Crippen LogP contribution < -0.4 is 5.73 Å². The van der Waals surface area contributed by atoms with Crippen molar-refractivity contribution >= 4 is 29.3 Å². The molecule has 1 aromatic carbocycles. The molecular weight excluding hydrogens is 270 g/mol. The molecule has 0 bridgehead atoms. The van der Waals surface area contributed by atoms with Crippen molar-refractivity contribution in [2.75, 3.05) is 12.9 Å². The minimum absolute atomic E-state index is 0.0347. The predicted molar refractivity (Wildman–Crippen MR) is 76.9 cm³/mol. The van der Waals surface area contributed by atoms with Crippen LogP contribution in [0.4, 0.5) is 0 Å². The lowest BCUT2D eigenvalue weighted by Gasteiger charge is -2.21. The van der Waals surface area contributed by atoms with E-state index in [-0.39, 0.29) is 17.3 Å². The van der Waals surface area contributed by atoms with Gasteiger partial charge in [-0.25, -0.2) is 0 Å². The minimum Gasteiger partial charge on any atom is -0.469 e. The summed E-state index contributed by atoms with van der Waals surface area (Å²) in [4.78, 5) is 11.1. The molecule has 0 aliphatic rings. The molecule has 0 fully saturated rings. The van der Waals surface area contributed by atoms with Crippen LogP contribution in [0.3, 0.4) is 0 Å². The van der Waals surface area contributed by atoms with E-state index in [1.54, 1.807) is 11.8 Å². The van der Waals surface area contributed by atoms with Crippen molar-refractivity contribution in [3.8, 4) is 0 Å². The Morgan fingerprint density at radius 3 is 2.72 bits per heavy atom. The normalized spacial score (nSPS) is 14.0. The highest BCUT2D eigenvalue weighted by atomic mass is 35.5. The molecule has 0 saturated carbocycles. The number of methoxy groups -OCH3 is 1. The molecule has 0 spiro atoms. The fourth-order valence-electron chi connectivity index (χ4n) is 1.60. The van der Waals surface area contributed by atoms with Gasteiger partial charge >= 0.3 is 5.97 Å². The number of carbonyl (C=O) groups excluding carboxylic acids is 1. The molecule has 0 amide bonds. The lowest BCUT2D eigenvalue weighted by molar-refractivity contribution is -0.140. The van der Waals surface area contributed by atoms with Gasteiger partial charge in [-0.15, -0.1) is 0 Å². The Labute approximate surface area is 117 Å². The van der Waals surface area contributed by atoms with E-state index in [9.17, 15) is 4.79 Å². The second-order valence-corrected chi connectivity index (χ2v) is 5.65. The molecule has 2 N–H and O–H groups in total. The van der Waals surface area contributed by atoms with E-state index in [4.69, 9.17) is 17.3 Å². The van der Waals surface area contributed by atoms with Crippen LogP contribution in [0.2, 0.25) is 5.02 Å². The van der Waals surface area contributed by atoms with E-state index in [0.717, 1.165) is 5.56 Å². The Kier molecular flexibility index (Phi) is 6.54. The molecule has 3 nitrogen and oxygen atoms in total. The Morgan fingerprint density at radius 2 is 2.17 bits per heavy atom. The third kappa shape index (κ3) is 4.52. The van der Waals surface area contributed by atoms with E-state index in [0.29, 0.717) is 17.2 Å². The van der Waals surface area contributed by atoms with Crippen LogP contribution in [0.5, 0.6) is 0 Å². The summed E-state index contributed by atoms with van der Waals surface area (Å²) < 4.78 is 4.61. The topological polar surface area (TPSA) is 52.3 Å². The summed E-state index contributed by atoms with van der Waals surface area (Å²) in [6, 6.07) is 7.63. The van der Waals surface area contributed by atoms with Crippen LogP contribution in [0, 0.1) is 0 Å². The molecule has 2 atom stereocenters. The van der Waals surface area contributed by atoms with Gasteiger partial charge < -0.3 is 10.5 Å². The Bertz CT molecular complexity index is 398. The van der Waals surface area contributed by atoms with Gasteiger partial charge in [0.15, 0.2) is 0 Å². The molecule has 0 aliphatic carbocycles. The quantitative estimate of drug-likeness (QED) is 0.817.